The molecule has 0 bridgehead atoms. The van der Waals surface area contributed by atoms with Gasteiger partial charge in [0.15, 0.2) is 0 Å². The number of pyridine rings is 1. The number of nitrogens with zero attached hydrogens (tertiary/aromatic N) is 1. The molecule has 1 aliphatic rings. The Bertz CT molecular complexity index is 665. The second-order valence-corrected chi connectivity index (χ2v) is 5.39. The highest BCUT2D eigenvalue weighted by Gasteiger charge is 2.41. The summed E-state index contributed by atoms with van der Waals surface area (Å²) in [6, 6.07) is 9.05. The van der Waals surface area contributed by atoms with Crippen molar-refractivity contribution in [1.29, 1.82) is 0 Å². The molecule has 1 heterocycles. The highest BCUT2D eigenvalue weighted by Crippen LogP contribution is 2.45. The molecule has 1 aliphatic carbocycles. The molecule has 0 saturated heterocycles. The molecule has 0 aliphatic heterocycles. The van der Waals surface area contributed by atoms with Gasteiger partial charge in [0.1, 0.15) is 11.4 Å². The topological polar surface area (TPSA) is 82.5 Å². The highest BCUT2D eigenvalue weighted by atomic mass is 16.4. The monoisotopic (exact) mass is 272 g/mol. The summed E-state index contributed by atoms with van der Waals surface area (Å²) < 4.78 is 0. The maximum atomic E-state index is 11.3. The Morgan fingerprint density at radius 1 is 1.35 bits per heavy atom. The quantitative estimate of drug-likeness (QED) is 0.776. The van der Waals surface area contributed by atoms with E-state index in [0.717, 1.165) is 23.7 Å². The molecule has 0 spiro atoms. The summed E-state index contributed by atoms with van der Waals surface area (Å²) in [6.07, 6.45) is 1.93. The number of hydrogen-bond acceptors (Lipinski definition) is 4. The van der Waals surface area contributed by atoms with Gasteiger partial charge in [-0.3, -0.25) is 0 Å². The number of aromatic nitrogens is 1. The highest BCUT2D eigenvalue weighted by molar-refractivity contribution is 5.98. The Kier molecular flexibility index (Phi) is 3.06. The van der Waals surface area contributed by atoms with Crippen LogP contribution in [0.15, 0.2) is 30.3 Å². The molecule has 20 heavy (non-hydrogen) atoms. The first kappa shape index (κ1) is 12.9. The van der Waals surface area contributed by atoms with Crippen LogP contribution in [0.1, 0.15) is 23.2 Å². The summed E-state index contributed by atoms with van der Waals surface area (Å²) in [4.78, 5) is 15.7. The van der Waals surface area contributed by atoms with E-state index in [1.54, 1.807) is 6.07 Å². The van der Waals surface area contributed by atoms with Gasteiger partial charge >= 0.3 is 5.97 Å². The van der Waals surface area contributed by atoms with Crippen LogP contribution in [0.5, 0.6) is 0 Å². The van der Waals surface area contributed by atoms with Gasteiger partial charge in [0.25, 0.3) is 0 Å². The zero-order valence-corrected chi connectivity index (χ0v) is 11.0. The van der Waals surface area contributed by atoms with Crippen LogP contribution in [0, 0.1) is 5.41 Å². The van der Waals surface area contributed by atoms with E-state index in [-0.39, 0.29) is 17.6 Å². The number of aromatic carboxylic acids is 1. The molecule has 0 amide bonds. The largest absolute Gasteiger partial charge is 0.478 e. The van der Waals surface area contributed by atoms with Gasteiger partial charge in [0, 0.05) is 17.3 Å². The Morgan fingerprint density at radius 2 is 2.10 bits per heavy atom. The summed E-state index contributed by atoms with van der Waals surface area (Å²) in [6.45, 7) is 0.672. The summed E-state index contributed by atoms with van der Waals surface area (Å²) >= 11 is 0. The number of carboxylic acids is 1. The summed E-state index contributed by atoms with van der Waals surface area (Å²) in [5.41, 5.74) is 0.828. The Labute approximate surface area is 116 Å². The van der Waals surface area contributed by atoms with Crippen LogP contribution in [0.2, 0.25) is 0 Å². The lowest BCUT2D eigenvalue weighted by Gasteiger charge is -2.15. The Morgan fingerprint density at radius 3 is 2.75 bits per heavy atom. The van der Waals surface area contributed by atoms with Crippen molar-refractivity contribution in [2.75, 3.05) is 18.5 Å². The molecule has 0 atom stereocenters. The molecule has 1 fully saturated rings. The molecular formula is C15H16N2O3. The first-order valence-corrected chi connectivity index (χ1v) is 6.61. The van der Waals surface area contributed by atoms with Crippen LogP contribution in [0.3, 0.4) is 0 Å². The zero-order valence-electron chi connectivity index (χ0n) is 11.0. The first-order valence-electron chi connectivity index (χ1n) is 6.61. The van der Waals surface area contributed by atoms with Crippen LogP contribution in [-0.2, 0) is 0 Å². The normalized spacial score (nSPS) is 16.1. The average Bonchev–Trinajstić information content (AvgIpc) is 3.24. The molecule has 5 heteroatoms. The van der Waals surface area contributed by atoms with E-state index in [4.69, 9.17) is 0 Å². The van der Waals surface area contributed by atoms with Crippen molar-refractivity contribution >= 4 is 22.7 Å². The number of carboxylic acid groups (broad SMARTS) is 1. The minimum Gasteiger partial charge on any atom is -0.478 e. The van der Waals surface area contributed by atoms with Crippen LogP contribution in [0.25, 0.3) is 10.9 Å². The first-order chi connectivity index (χ1) is 9.63. The van der Waals surface area contributed by atoms with Crippen LogP contribution < -0.4 is 5.32 Å². The van der Waals surface area contributed by atoms with Crippen molar-refractivity contribution in [3.8, 4) is 0 Å². The molecule has 0 unspecified atom stereocenters. The number of fused-ring (bicyclic) bond motifs is 1. The predicted octanol–water partition coefficient (Wildman–Crippen LogP) is 2.12. The average molecular weight is 272 g/mol. The Balaban J connectivity index is 1.95. The lowest BCUT2D eigenvalue weighted by molar-refractivity contribution is 0.0697. The lowest BCUT2D eigenvalue weighted by Crippen LogP contribution is -2.21. The smallest absolute Gasteiger partial charge is 0.339 e. The SMILES string of the molecule is O=C(O)c1cc2ccccc2nc1NCC1(CO)CC1. The number of rotatable bonds is 5. The number of anilines is 1. The molecule has 5 nitrogen and oxygen atoms in total. The van der Waals surface area contributed by atoms with Crippen molar-refractivity contribution < 1.29 is 15.0 Å². The van der Waals surface area contributed by atoms with Crippen molar-refractivity contribution in [2.45, 2.75) is 12.8 Å². The molecule has 2 aromatic rings. The minimum absolute atomic E-state index is 0.0941. The van der Waals surface area contributed by atoms with E-state index in [1.165, 1.54) is 0 Å². The summed E-state index contributed by atoms with van der Waals surface area (Å²) in [7, 11) is 0. The number of benzene rings is 1. The van der Waals surface area contributed by atoms with Crippen molar-refractivity contribution in [2.24, 2.45) is 5.41 Å². The fourth-order valence-corrected chi connectivity index (χ4v) is 2.25. The maximum Gasteiger partial charge on any atom is 0.339 e. The second kappa shape index (κ2) is 4.76. The number of carbonyl (C=O) groups is 1. The Hall–Kier alpha value is -2.14. The third kappa shape index (κ3) is 2.32. The molecule has 1 aromatic heterocycles. The maximum absolute atomic E-state index is 11.3. The van der Waals surface area contributed by atoms with Gasteiger partial charge < -0.3 is 15.5 Å². The fraction of sp³-hybridized carbons (Fsp3) is 0.333. The van der Waals surface area contributed by atoms with Gasteiger partial charge in [-0.15, -0.1) is 0 Å². The molecule has 1 aromatic carbocycles. The third-order valence-corrected chi connectivity index (χ3v) is 3.88. The van der Waals surface area contributed by atoms with Gasteiger partial charge in [0.05, 0.1) is 12.1 Å². The van der Waals surface area contributed by atoms with Gasteiger partial charge in [-0.1, -0.05) is 18.2 Å². The molecular weight excluding hydrogens is 256 g/mol. The molecule has 3 rings (SSSR count). The van der Waals surface area contributed by atoms with E-state index in [2.05, 4.69) is 10.3 Å². The standard InChI is InChI=1S/C15H16N2O3/c18-9-15(5-6-15)8-16-13-11(14(19)20)7-10-3-1-2-4-12(10)17-13/h1-4,7,18H,5-6,8-9H2,(H,16,17)(H,19,20). The van der Waals surface area contributed by atoms with Crippen molar-refractivity contribution in [3.63, 3.8) is 0 Å². The zero-order chi connectivity index (χ0) is 14.2. The van der Waals surface area contributed by atoms with Gasteiger partial charge in [-0.25, -0.2) is 9.78 Å². The number of aliphatic hydroxyl groups is 1. The minimum atomic E-state index is -1.00. The van der Waals surface area contributed by atoms with E-state index in [0.29, 0.717) is 12.4 Å². The van der Waals surface area contributed by atoms with Crippen LogP contribution in [-0.4, -0.2) is 34.3 Å². The molecule has 104 valence electrons. The van der Waals surface area contributed by atoms with E-state index in [1.807, 2.05) is 24.3 Å². The fourth-order valence-electron chi connectivity index (χ4n) is 2.25. The van der Waals surface area contributed by atoms with Crippen LogP contribution >= 0.6 is 0 Å². The molecule has 0 radical (unpaired) electrons. The number of nitrogens with one attached hydrogen (secondary N) is 1. The summed E-state index contributed by atoms with van der Waals surface area (Å²) in [5.74, 6) is -0.629. The van der Waals surface area contributed by atoms with Crippen molar-refractivity contribution in [1.82, 2.24) is 4.98 Å². The number of hydrogen-bond donors (Lipinski definition) is 3. The van der Waals surface area contributed by atoms with Gasteiger partial charge in [-0.2, -0.15) is 0 Å². The van der Waals surface area contributed by atoms with Gasteiger partial charge in [0.2, 0.25) is 0 Å². The molecule has 1 saturated carbocycles. The van der Waals surface area contributed by atoms with E-state index in [9.17, 15) is 15.0 Å². The van der Waals surface area contributed by atoms with E-state index >= 15 is 0 Å². The number of para-hydroxylation sites is 1. The number of aliphatic hydroxyl groups excluding tert-OH is 1. The van der Waals surface area contributed by atoms with Gasteiger partial charge in [-0.05, 0) is 25.0 Å². The summed E-state index contributed by atoms with van der Waals surface area (Å²) in [5, 5.41) is 22.5. The molecule has 3 N–H and O–H groups in total. The van der Waals surface area contributed by atoms with Crippen LogP contribution in [0.4, 0.5) is 5.82 Å². The lowest BCUT2D eigenvalue weighted by atomic mass is 10.1. The predicted molar refractivity (Wildman–Crippen MR) is 75.9 cm³/mol. The van der Waals surface area contributed by atoms with Crippen molar-refractivity contribution in [3.05, 3.63) is 35.9 Å². The third-order valence-electron chi connectivity index (χ3n) is 3.88. The van der Waals surface area contributed by atoms with E-state index < -0.39 is 5.97 Å². The second-order valence-electron chi connectivity index (χ2n) is 5.39.